The Kier molecular flexibility index (Phi) is 5.04. The van der Waals surface area contributed by atoms with Crippen molar-refractivity contribution >= 4 is 52.2 Å². The van der Waals surface area contributed by atoms with Crippen molar-refractivity contribution in [2.45, 2.75) is 17.8 Å². The lowest BCUT2D eigenvalue weighted by Crippen LogP contribution is -2.43. The maximum atomic E-state index is 13.7. The molecule has 3 nitrogen and oxygen atoms in total. The summed E-state index contributed by atoms with van der Waals surface area (Å²) >= 11 is 12.5. The molecule has 0 unspecified atom stereocenters. The lowest BCUT2D eigenvalue weighted by atomic mass is 9.61. The summed E-state index contributed by atoms with van der Waals surface area (Å²) in [5, 5.41) is 4.09. The third kappa shape index (κ3) is 3.12. The molecule has 5 rings (SSSR count). The summed E-state index contributed by atoms with van der Waals surface area (Å²) < 4.78 is 0. The predicted molar refractivity (Wildman–Crippen MR) is 130 cm³/mol. The highest BCUT2D eigenvalue weighted by molar-refractivity contribution is 6.31. The molecule has 1 amide bonds. The molecule has 0 bridgehead atoms. The van der Waals surface area contributed by atoms with Crippen molar-refractivity contribution in [1.82, 2.24) is 0 Å². The van der Waals surface area contributed by atoms with Gasteiger partial charge in [-0.25, -0.2) is 0 Å². The summed E-state index contributed by atoms with van der Waals surface area (Å²) in [5.74, 6) is -0.610. The van der Waals surface area contributed by atoms with E-state index in [1.165, 1.54) is 0 Å². The van der Waals surface area contributed by atoms with Crippen molar-refractivity contribution in [2.24, 2.45) is 0 Å². The van der Waals surface area contributed by atoms with Crippen LogP contribution in [-0.2, 0) is 15.0 Å². The third-order valence-corrected chi connectivity index (χ3v) is 6.85. The summed E-state index contributed by atoms with van der Waals surface area (Å²) in [5.41, 5.74) is 3.38. The van der Waals surface area contributed by atoms with Crippen LogP contribution in [0.4, 0.5) is 5.69 Å². The van der Waals surface area contributed by atoms with Crippen molar-refractivity contribution in [1.29, 1.82) is 0 Å². The molecule has 0 saturated carbocycles. The van der Waals surface area contributed by atoms with Crippen LogP contribution in [0.2, 0.25) is 10.0 Å². The molecule has 3 aromatic carbocycles. The van der Waals surface area contributed by atoms with Gasteiger partial charge in [-0.1, -0.05) is 84.4 Å². The quantitative estimate of drug-likeness (QED) is 0.475. The molecule has 158 valence electrons. The normalized spacial score (nSPS) is 21.8. The van der Waals surface area contributed by atoms with E-state index in [1.807, 2.05) is 54.6 Å². The highest BCUT2D eigenvalue weighted by atomic mass is 35.5. The minimum Gasteiger partial charge on any atom is -0.325 e. The molecular formula is C27H19Cl2NO2. The third-order valence-electron chi connectivity index (χ3n) is 6.38. The van der Waals surface area contributed by atoms with Crippen LogP contribution in [0, 0.1) is 0 Å². The Morgan fingerprint density at radius 3 is 2.53 bits per heavy atom. The Morgan fingerprint density at radius 1 is 0.969 bits per heavy atom. The Bertz CT molecular complexity index is 1330. The molecule has 0 saturated heterocycles. The SMILES string of the molecule is C=Cc1ccccc1C1=C[C@@]2(C(=O)Nc3cc(Cl)ccc32)[C@H](c2cccc(Cl)c2)CC1=O. The second-order valence-electron chi connectivity index (χ2n) is 8.10. The largest absolute Gasteiger partial charge is 0.325 e. The smallest absolute Gasteiger partial charge is 0.239 e. The topological polar surface area (TPSA) is 46.2 Å². The molecule has 0 aromatic heterocycles. The number of hydrogen-bond donors (Lipinski definition) is 1. The Balaban J connectivity index is 1.81. The molecule has 1 aliphatic heterocycles. The number of rotatable bonds is 3. The van der Waals surface area contributed by atoms with Gasteiger partial charge in [0.25, 0.3) is 0 Å². The molecule has 32 heavy (non-hydrogen) atoms. The highest BCUT2D eigenvalue weighted by Gasteiger charge is 2.54. The molecule has 2 atom stereocenters. The maximum absolute atomic E-state index is 13.7. The van der Waals surface area contributed by atoms with Crippen molar-refractivity contribution in [3.63, 3.8) is 0 Å². The summed E-state index contributed by atoms with van der Waals surface area (Å²) in [6.45, 7) is 3.89. The number of fused-ring (bicyclic) bond motifs is 2. The van der Waals surface area contributed by atoms with E-state index in [9.17, 15) is 9.59 Å². The number of Topliss-reactive ketones (excluding diaryl/α,β-unsaturated/α-hetero) is 1. The average Bonchev–Trinajstić information content (AvgIpc) is 3.05. The average molecular weight is 460 g/mol. The van der Waals surface area contributed by atoms with Crippen molar-refractivity contribution in [3.05, 3.63) is 112 Å². The van der Waals surface area contributed by atoms with Crippen LogP contribution in [0.1, 0.15) is 34.6 Å². The zero-order chi connectivity index (χ0) is 22.5. The Labute approximate surface area is 196 Å². The molecule has 5 heteroatoms. The van der Waals surface area contributed by atoms with Gasteiger partial charge < -0.3 is 5.32 Å². The van der Waals surface area contributed by atoms with E-state index in [-0.39, 0.29) is 18.1 Å². The van der Waals surface area contributed by atoms with Crippen LogP contribution in [-0.4, -0.2) is 11.7 Å². The van der Waals surface area contributed by atoms with E-state index in [1.54, 1.807) is 24.3 Å². The number of carbonyl (C=O) groups excluding carboxylic acids is 2. The van der Waals surface area contributed by atoms with Gasteiger partial charge in [0.1, 0.15) is 5.41 Å². The predicted octanol–water partition coefficient (Wildman–Crippen LogP) is 6.67. The number of anilines is 1. The van der Waals surface area contributed by atoms with Gasteiger partial charge in [0, 0.05) is 33.6 Å². The molecule has 1 spiro atoms. The molecule has 3 aromatic rings. The number of carbonyl (C=O) groups is 2. The molecule has 2 aliphatic rings. The molecule has 0 radical (unpaired) electrons. The molecule has 1 heterocycles. The van der Waals surface area contributed by atoms with E-state index in [0.29, 0.717) is 21.3 Å². The van der Waals surface area contributed by atoms with Gasteiger partial charge in [-0.2, -0.15) is 0 Å². The highest BCUT2D eigenvalue weighted by Crippen LogP contribution is 2.54. The van der Waals surface area contributed by atoms with Gasteiger partial charge >= 0.3 is 0 Å². The summed E-state index contributed by atoms with van der Waals surface area (Å²) in [6.07, 6.45) is 3.73. The van der Waals surface area contributed by atoms with Gasteiger partial charge in [0.15, 0.2) is 5.78 Å². The number of nitrogens with one attached hydrogen (secondary N) is 1. The van der Waals surface area contributed by atoms with Gasteiger partial charge in [0.2, 0.25) is 5.91 Å². The first kappa shape index (κ1) is 20.7. The Hall–Kier alpha value is -3.14. The first-order chi connectivity index (χ1) is 15.4. The summed E-state index contributed by atoms with van der Waals surface area (Å²) in [7, 11) is 0. The summed E-state index contributed by atoms with van der Waals surface area (Å²) in [6, 6.07) is 20.4. The van der Waals surface area contributed by atoms with Crippen LogP contribution in [0.25, 0.3) is 11.6 Å². The number of allylic oxidation sites excluding steroid dienone is 1. The van der Waals surface area contributed by atoms with E-state index >= 15 is 0 Å². The lowest BCUT2D eigenvalue weighted by molar-refractivity contribution is -0.121. The van der Waals surface area contributed by atoms with E-state index < -0.39 is 11.3 Å². The molecule has 0 fully saturated rings. The second kappa shape index (κ2) is 7.77. The fourth-order valence-corrected chi connectivity index (χ4v) is 5.31. The number of ketones is 1. The first-order valence-electron chi connectivity index (χ1n) is 10.3. The van der Waals surface area contributed by atoms with Crippen LogP contribution in [0.5, 0.6) is 0 Å². The van der Waals surface area contributed by atoms with E-state index in [2.05, 4.69) is 11.9 Å². The maximum Gasteiger partial charge on any atom is 0.239 e. The first-order valence-corrected chi connectivity index (χ1v) is 11.0. The molecular weight excluding hydrogens is 441 g/mol. The van der Waals surface area contributed by atoms with Gasteiger partial charge in [-0.3, -0.25) is 9.59 Å². The number of halogens is 2. The number of hydrogen-bond acceptors (Lipinski definition) is 2. The monoisotopic (exact) mass is 459 g/mol. The fraction of sp³-hybridized carbons (Fsp3) is 0.111. The van der Waals surface area contributed by atoms with Gasteiger partial charge in [-0.15, -0.1) is 0 Å². The molecule has 1 N–H and O–H groups in total. The van der Waals surface area contributed by atoms with Crippen LogP contribution < -0.4 is 5.32 Å². The van der Waals surface area contributed by atoms with Gasteiger partial charge in [-0.05, 0) is 46.5 Å². The minimum absolute atomic E-state index is 0.0230. The Morgan fingerprint density at radius 2 is 1.75 bits per heavy atom. The van der Waals surface area contributed by atoms with E-state index in [0.717, 1.165) is 22.3 Å². The van der Waals surface area contributed by atoms with Gasteiger partial charge in [0.05, 0.1) is 0 Å². The van der Waals surface area contributed by atoms with Crippen LogP contribution in [0.15, 0.2) is 79.4 Å². The fourth-order valence-electron chi connectivity index (χ4n) is 4.94. The number of benzene rings is 3. The minimum atomic E-state index is -1.07. The number of amides is 1. The lowest BCUT2D eigenvalue weighted by Gasteiger charge is -2.38. The zero-order valence-corrected chi connectivity index (χ0v) is 18.6. The van der Waals surface area contributed by atoms with Crippen LogP contribution >= 0.6 is 23.2 Å². The van der Waals surface area contributed by atoms with Crippen molar-refractivity contribution < 1.29 is 9.59 Å². The standard InChI is InChI=1S/C27H19Cl2NO2/c1-2-16-6-3-4-9-20(16)21-15-27(22-11-10-19(29)13-24(22)30-26(27)32)23(14-25(21)31)17-7-5-8-18(28)12-17/h2-13,15,23H,1,14H2,(H,30,32)/t23-,27-/m0/s1. The van der Waals surface area contributed by atoms with Crippen LogP contribution in [0.3, 0.4) is 0 Å². The zero-order valence-electron chi connectivity index (χ0n) is 17.1. The van der Waals surface area contributed by atoms with Crippen molar-refractivity contribution in [2.75, 3.05) is 5.32 Å². The van der Waals surface area contributed by atoms with Crippen molar-refractivity contribution in [3.8, 4) is 0 Å². The van der Waals surface area contributed by atoms with E-state index in [4.69, 9.17) is 23.2 Å². The summed E-state index contributed by atoms with van der Waals surface area (Å²) in [4.78, 5) is 27.1. The molecule has 1 aliphatic carbocycles. The second-order valence-corrected chi connectivity index (χ2v) is 8.97.